The molecular formula is C40H76N2O12. The summed E-state index contributed by atoms with van der Waals surface area (Å²) in [5, 5.41) is 58.7. The molecule has 3 aliphatic rings. The molecule has 3 aliphatic heterocycles. The van der Waals surface area contributed by atoms with Crippen LogP contribution in [0.25, 0.3) is 0 Å². The van der Waals surface area contributed by atoms with Crippen molar-refractivity contribution in [1.82, 2.24) is 9.80 Å². The monoisotopic (exact) mass is 777 g/mol. The predicted octanol–water partition coefficient (Wildman–Crippen LogP) is 2.68. The number of rotatable bonds is 9. The number of likely N-dealkylation sites (N-methyl/N-ethyl adjacent to an activating group) is 1. The van der Waals surface area contributed by atoms with Gasteiger partial charge < -0.3 is 63.8 Å². The van der Waals surface area contributed by atoms with Gasteiger partial charge in [-0.1, -0.05) is 27.7 Å². The minimum atomic E-state index is -1.78. The van der Waals surface area contributed by atoms with Gasteiger partial charge in [-0.15, -0.1) is 0 Å². The van der Waals surface area contributed by atoms with Gasteiger partial charge in [-0.2, -0.15) is 0 Å². The highest BCUT2D eigenvalue weighted by atomic mass is 16.7. The summed E-state index contributed by atoms with van der Waals surface area (Å²) in [4.78, 5) is 18.4. The lowest BCUT2D eigenvalue weighted by Gasteiger charge is -2.49. The first-order valence-corrected chi connectivity index (χ1v) is 20.2. The molecule has 318 valence electrons. The number of cyclic esters (lactones) is 1. The van der Waals surface area contributed by atoms with Crippen molar-refractivity contribution in [2.24, 2.45) is 17.8 Å². The van der Waals surface area contributed by atoms with E-state index in [0.717, 1.165) is 6.42 Å². The van der Waals surface area contributed by atoms with Crippen molar-refractivity contribution >= 4 is 5.97 Å². The van der Waals surface area contributed by atoms with E-state index in [2.05, 4.69) is 11.8 Å². The van der Waals surface area contributed by atoms with E-state index in [9.17, 15) is 30.3 Å². The molecular weight excluding hydrogens is 700 g/mol. The van der Waals surface area contributed by atoms with Crippen molar-refractivity contribution in [3.05, 3.63) is 0 Å². The molecule has 0 spiro atoms. The fourth-order valence-corrected chi connectivity index (χ4v) is 9.13. The second-order valence-corrected chi connectivity index (χ2v) is 17.7. The van der Waals surface area contributed by atoms with E-state index in [-0.39, 0.29) is 37.5 Å². The smallest absolute Gasteiger partial charge is 0.311 e. The SMILES string of the molecule is CCCN1CC(C)C(O)[C@](C)(O)C(CC)OC(=O)C(C)C(OC2C[C@@](C)(OC)C(O)C(C)O2)C(C)C(OC2OC(C)CC(N(C)C)C2O)[C@](C)(O)CC1C. The number of hydrogen-bond acceptors (Lipinski definition) is 14. The molecule has 14 heteroatoms. The molecule has 0 radical (unpaired) electrons. The maximum atomic E-state index is 14.3. The van der Waals surface area contributed by atoms with Crippen LogP contribution in [0.4, 0.5) is 0 Å². The summed E-state index contributed by atoms with van der Waals surface area (Å²) in [5.41, 5.74) is -4.38. The van der Waals surface area contributed by atoms with Gasteiger partial charge in [-0.25, -0.2) is 0 Å². The fraction of sp³-hybridized carbons (Fsp3) is 0.975. The van der Waals surface area contributed by atoms with Crippen LogP contribution in [0.3, 0.4) is 0 Å². The van der Waals surface area contributed by atoms with Crippen LogP contribution >= 0.6 is 0 Å². The first-order chi connectivity index (χ1) is 24.9. The molecule has 18 atom stereocenters. The highest BCUT2D eigenvalue weighted by Crippen LogP contribution is 2.40. The Hall–Kier alpha value is -1.01. The van der Waals surface area contributed by atoms with Gasteiger partial charge in [-0.3, -0.25) is 4.79 Å². The second-order valence-electron chi connectivity index (χ2n) is 17.7. The molecule has 0 aromatic carbocycles. The van der Waals surface area contributed by atoms with Gasteiger partial charge in [0.05, 0.1) is 47.6 Å². The lowest BCUT2D eigenvalue weighted by atomic mass is 9.78. The van der Waals surface area contributed by atoms with E-state index in [1.54, 1.807) is 34.6 Å². The standard InChI is InChI=1S/C40H76N2O12/c1-15-17-42-21-22(3)33(44)40(11,48)29(16-2)52-36(46)26(7)32(53-30-20-39(10,49-14)34(45)27(8)51-30)25(6)35(38(9,47)19-23(42)4)54-37-31(43)28(41(12)13)18-24(5)50-37/h22-35,37,43-45,47-48H,15-21H2,1-14H3/t22?,23?,24?,25?,26?,27?,28?,29?,30?,31?,32?,33?,34?,35?,37?,38-,39-,40-/m1/s1. The third kappa shape index (κ3) is 10.7. The van der Waals surface area contributed by atoms with E-state index in [1.807, 2.05) is 46.7 Å². The minimum Gasteiger partial charge on any atom is -0.459 e. The van der Waals surface area contributed by atoms with Crippen molar-refractivity contribution < 1.29 is 58.7 Å². The van der Waals surface area contributed by atoms with Gasteiger partial charge in [0, 0.05) is 38.1 Å². The third-order valence-electron chi connectivity index (χ3n) is 12.6. The molecule has 0 amide bonds. The van der Waals surface area contributed by atoms with Crippen molar-refractivity contribution in [2.75, 3.05) is 34.3 Å². The predicted molar refractivity (Wildman–Crippen MR) is 203 cm³/mol. The Morgan fingerprint density at radius 1 is 0.926 bits per heavy atom. The van der Waals surface area contributed by atoms with Gasteiger partial charge in [-0.05, 0) is 101 Å². The lowest BCUT2D eigenvalue weighted by Crippen LogP contribution is -2.61. The molecule has 0 aromatic rings. The first-order valence-electron chi connectivity index (χ1n) is 20.2. The highest BCUT2D eigenvalue weighted by molar-refractivity contribution is 5.73. The van der Waals surface area contributed by atoms with Crippen molar-refractivity contribution in [3.8, 4) is 0 Å². The summed E-state index contributed by atoms with van der Waals surface area (Å²) in [6.07, 6.45) is -7.37. The fourth-order valence-electron chi connectivity index (χ4n) is 9.13. The Morgan fingerprint density at radius 3 is 2.11 bits per heavy atom. The van der Waals surface area contributed by atoms with Crippen molar-refractivity contribution in [1.29, 1.82) is 0 Å². The maximum Gasteiger partial charge on any atom is 0.311 e. The van der Waals surface area contributed by atoms with E-state index in [1.165, 1.54) is 14.0 Å². The van der Waals surface area contributed by atoms with E-state index in [0.29, 0.717) is 19.5 Å². The van der Waals surface area contributed by atoms with Crippen LogP contribution in [0, 0.1) is 17.8 Å². The molecule has 5 N–H and O–H groups in total. The number of methoxy groups -OCH3 is 1. The highest BCUT2D eigenvalue weighted by Gasteiger charge is 2.52. The van der Waals surface area contributed by atoms with Gasteiger partial charge in [0.2, 0.25) is 0 Å². The van der Waals surface area contributed by atoms with E-state index < -0.39 is 95.8 Å². The summed E-state index contributed by atoms with van der Waals surface area (Å²) in [5.74, 6) is -2.87. The van der Waals surface area contributed by atoms with Gasteiger partial charge >= 0.3 is 5.97 Å². The Labute approximate surface area is 324 Å². The first kappa shape index (κ1) is 47.4. The number of nitrogens with zero attached hydrogens (tertiary/aromatic N) is 2. The number of hydrogen-bond donors (Lipinski definition) is 5. The molecule has 3 fully saturated rings. The Bertz CT molecular complexity index is 1180. The molecule has 0 aromatic heterocycles. The topological polar surface area (TPSA) is 180 Å². The lowest BCUT2D eigenvalue weighted by molar-refractivity contribution is -0.318. The number of aliphatic hydroxyl groups excluding tert-OH is 3. The number of carbonyl (C=O) groups excluding carboxylic acids is 1. The van der Waals surface area contributed by atoms with Gasteiger partial charge in [0.1, 0.15) is 23.9 Å². The van der Waals surface area contributed by atoms with Crippen molar-refractivity contribution in [2.45, 2.75) is 199 Å². The molecule has 0 aliphatic carbocycles. The zero-order chi connectivity index (χ0) is 41.1. The van der Waals surface area contributed by atoms with Crippen LogP contribution in [0.2, 0.25) is 0 Å². The molecule has 15 unspecified atom stereocenters. The van der Waals surface area contributed by atoms with E-state index >= 15 is 0 Å². The van der Waals surface area contributed by atoms with Gasteiger partial charge in [0.25, 0.3) is 0 Å². The summed E-state index contributed by atoms with van der Waals surface area (Å²) < 4.78 is 37.8. The quantitative estimate of drug-likeness (QED) is 0.216. The van der Waals surface area contributed by atoms with Crippen LogP contribution < -0.4 is 0 Å². The number of carbonyl (C=O) groups is 1. The summed E-state index contributed by atoms with van der Waals surface area (Å²) in [6.45, 7) is 20.9. The number of ether oxygens (including phenoxy) is 6. The molecule has 14 nitrogen and oxygen atoms in total. The molecule has 0 saturated carbocycles. The molecule has 0 bridgehead atoms. The number of esters is 1. The summed E-state index contributed by atoms with van der Waals surface area (Å²) in [6, 6.07) is -0.500. The zero-order valence-electron chi connectivity index (χ0n) is 35.6. The summed E-state index contributed by atoms with van der Waals surface area (Å²) in [7, 11) is 5.29. The van der Waals surface area contributed by atoms with Gasteiger partial charge in [0.15, 0.2) is 12.6 Å². The average molecular weight is 777 g/mol. The Balaban J connectivity index is 2.22. The van der Waals surface area contributed by atoms with Crippen LogP contribution in [-0.2, 0) is 33.2 Å². The normalized spacial score (nSPS) is 48.2. The summed E-state index contributed by atoms with van der Waals surface area (Å²) >= 11 is 0. The number of aliphatic hydroxyl groups is 5. The second kappa shape index (κ2) is 19.2. The van der Waals surface area contributed by atoms with Crippen LogP contribution in [0.5, 0.6) is 0 Å². The van der Waals surface area contributed by atoms with Crippen LogP contribution in [0.1, 0.15) is 108 Å². The minimum absolute atomic E-state index is 0.133. The Kier molecular flexibility index (Phi) is 16.8. The molecule has 54 heavy (non-hydrogen) atoms. The van der Waals surface area contributed by atoms with Crippen LogP contribution in [-0.4, -0.2) is 166 Å². The largest absolute Gasteiger partial charge is 0.459 e. The average Bonchev–Trinajstić information content (AvgIpc) is 3.09. The maximum absolute atomic E-state index is 14.3. The zero-order valence-corrected chi connectivity index (χ0v) is 35.6. The molecule has 3 saturated heterocycles. The van der Waals surface area contributed by atoms with Crippen LogP contribution in [0.15, 0.2) is 0 Å². The van der Waals surface area contributed by atoms with E-state index in [4.69, 9.17) is 28.4 Å². The van der Waals surface area contributed by atoms with Crippen molar-refractivity contribution in [3.63, 3.8) is 0 Å². The Morgan fingerprint density at radius 2 is 1.56 bits per heavy atom. The molecule has 3 rings (SSSR count). The third-order valence-corrected chi connectivity index (χ3v) is 12.6. The molecule has 3 heterocycles.